The second-order valence-corrected chi connectivity index (χ2v) is 9.63. The fraction of sp³-hybridized carbons (Fsp3) is 0.400. The van der Waals surface area contributed by atoms with E-state index in [2.05, 4.69) is 111 Å². The molecule has 0 aliphatic heterocycles. The van der Waals surface area contributed by atoms with Crippen molar-refractivity contribution in [2.24, 2.45) is 21.0 Å². The molecule has 2 aromatic carbocycles. The third-order valence-corrected chi connectivity index (χ3v) is 4.98. The number of hydrogen-bond acceptors (Lipinski definition) is 3. The number of rotatable bonds is 4. The third kappa shape index (κ3) is 6.55. The van der Waals surface area contributed by atoms with Crippen molar-refractivity contribution in [2.75, 3.05) is 0 Å². The van der Waals surface area contributed by atoms with Crippen LogP contribution in [0.4, 0.5) is 0 Å². The van der Waals surface area contributed by atoms with Gasteiger partial charge in [0.15, 0.2) is 0 Å². The summed E-state index contributed by atoms with van der Waals surface area (Å²) in [6.07, 6.45) is 0. The van der Waals surface area contributed by atoms with Gasteiger partial charge in [-0.1, -0.05) is 90.1 Å². The lowest BCUT2D eigenvalue weighted by Gasteiger charge is -2.19. The number of hydrazone groups is 1. The Morgan fingerprint density at radius 3 is 1.47 bits per heavy atom. The zero-order valence-electron chi connectivity index (χ0n) is 19.5. The number of hydrogen-bond donors (Lipinski definition) is 2. The van der Waals surface area contributed by atoms with E-state index >= 15 is 0 Å². The first-order valence-electron chi connectivity index (χ1n) is 10.3. The molecule has 2 rings (SSSR count). The van der Waals surface area contributed by atoms with E-state index in [9.17, 15) is 0 Å². The van der Waals surface area contributed by atoms with Gasteiger partial charge in [0.25, 0.3) is 0 Å². The van der Waals surface area contributed by atoms with Gasteiger partial charge in [-0.2, -0.15) is 10.2 Å². The van der Waals surface area contributed by atoms with E-state index < -0.39 is 0 Å². The van der Waals surface area contributed by atoms with Gasteiger partial charge in [0.1, 0.15) is 0 Å². The molecule has 0 aromatic heterocycles. The number of benzene rings is 2. The van der Waals surface area contributed by atoms with Crippen molar-refractivity contribution < 1.29 is 0 Å². The average Bonchev–Trinajstić information content (AvgIpc) is 2.69. The van der Waals surface area contributed by atoms with Crippen LogP contribution in [-0.2, 0) is 10.8 Å². The molecule has 3 N–H and O–H groups in total. The number of guanidine groups is 1. The maximum Gasteiger partial charge on any atom is 0.234 e. The average molecular weight is 406 g/mol. The molecule has 30 heavy (non-hydrogen) atoms. The molecule has 160 valence electrons. The molecule has 2 aromatic rings. The van der Waals surface area contributed by atoms with Gasteiger partial charge in [-0.15, -0.1) is 5.10 Å². The summed E-state index contributed by atoms with van der Waals surface area (Å²) < 4.78 is 0. The highest BCUT2D eigenvalue weighted by Crippen LogP contribution is 2.23. The van der Waals surface area contributed by atoms with Crippen molar-refractivity contribution in [3.63, 3.8) is 0 Å². The Balaban J connectivity index is 2.04. The van der Waals surface area contributed by atoms with Gasteiger partial charge in [-0.3, -0.25) is 0 Å². The second-order valence-electron chi connectivity index (χ2n) is 9.63. The predicted molar refractivity (Wildman–Crippen MR) is 129 cm³/mol. The summed E-state index contributed by atoms with van der Waals surface area (Å²) in [5, 5.41) is 12.6. The highest BCUT2D eigenvalue weighted by Gasteiger charge is 2.14. The summed E-state index contributed by atoms with van der Waals surface area (Å²) >= 11 is 0. The van der Waals surface area contributed by atoms with Crippen LogP contribution in [0.3, 0.4) is 0 Å². The molecular weight excluding hydrogens is 370 g/mol. The first kappa shape index (κ1) is 23.3. The van der Waals surface area contributed by atoms with Crippen LogP contribution in [0.2, 0.25) is 0 Å². The first-order chi connectivity index (χ1) is 13.9. The van der Waals surface area contributed by atoms with Crippen LogP contribution in [0.15, 0.2) is 63.8 Å². The quantitative estimate of drug-likeness (QED) is 0.409. The molecule has 0 heterocycles. The van der Waals surface area contributed by atoms with Crippen LogP contribution >= 0.6 is 0 Å². The summed E-state index contributed by atoms with van der Waals surface area (Å²) in [5.74, 6) is 0.145. The van der Waals surface area contributed by atoms with Gasteiger partial charge < -0.3 is 5.73 Å². The Bertz CT molecular complexity index is 935. The summed E-state index contributed by atoms with van der Waals surface area (Å²) in [6.45, 7) is 17.0. The standard InChI is InChI=1S/C25H35N5/c1-17(19-9-13-21(14-10-19)24(3,4)5)27-29-23(26)30-28-18(2)20-11-15-22(16-12-20)25(6,7)8/h9-16H,1-8H3,(H3,26,29,30). The minimum Gasteiger partial charge on any atom is -0.367 e. The van der Waals surface area contributed by atoms with Crippen LogP contribution in [0.25, 0.3) is 0 Å². The molecular formula is C25H35N5. The number of nitrogens with zero attached hydrogens (tertiary/aromatic N) is 3. The summed E-state index contributed by atoms with van der Waals surface area (Å²) in [4.78, 5) is 0. The highest BCUT2D eigenvalue weighted by atomic mass is 15.4. The molecule has 0 saturated carbocycles. The van der Waals surface area contributed by atoms with E-state index in [1.165, 1.54) is 11.1 Å². The highest BCUT2D eigenvalue weighted by molar-refractivity contribution is 6.00. The summed E-state index contributed by atoms with van der Waals surface area (Å²) in [6, 6.07) is 16.8. The molecule has 0 saturated heterocycles. The second kappa shape index (κ2) is 9.24. The fourth-order valence-electron chi connectivity index (χ4n) is 2.84. The predicted octanol–water partition coefficient (Wildman–Crippen LogP) is 5.33. The van der Waals surface area contributed by atoms with E-state index in [0.717, 1.165) is 22.6 Å². The lowest BCUT2D eigenvalue weighted by Crippen LogP contribution is -2.28. The number of nitrogens with two attached hydrogens (primary N) is 1. The Morgan fingerprint density at radius 2 is 1.07 bits per heavy atom. The Hall–Kier alpha value is -2.95. The molecule has 0 aliphatic rings. The van der Waals surface area contributed by atoms with Crippen LogP contribution in [0, 0.1) is 0 Å². The van der Waals surface area contributed by atoms with Crippen molar-refractivity contribution in [3.8, 4) is 0 Å². The zero-order chi connectivity index (χ0) is 22.5. The lowest BCUT2D eigenvalue weighted by molar-refractivity contribution is 0.590. The van der Waals surface area contributed by atoms with Crippen LogP contribution in [-0.4, -0.2) is 17.4 Å². The van der Waals surface area contributed by atoms with Gasteiger partial charge in [0, 0.05) is 0 Å². The minimum atomic E-state index is 0.124. The molecule has 5 heteroatoms. The maximum absolute atomic E-state index is 5.91. The molecule has 0 fully saturated rings. The summed E-state index contributed by atoms with van der Waals surface area (Å²) in [7, 11) is 0. The van der Waals surface area contributed by atoms with Crippen LogP contribution in [0.5, 0.6) is 0 Å². The van der Waals surface area contributed by atoms with Gasteiger partial charge in [0.05, 0.1) is 11.4 Å². The maximum atomic E-state index is 5.91. The SMILES string of the molecule is CC(=N/N=C(\N)NN=C(C)c1ccc(C(C)(C)C)cc1)c1ccc(C(C)(C)C)cc1. The largest absolute Gasteiger partial charge is 0.367 e. The monoisotopic (exact) mass is 405 g/mol. The molecule has 5 nitrogen and oxygen atoms in total. The van der Waals surface area contributed by atoms with Crippen LogP contribution in [0.1, 0.15) is 77.6 Å². The molecule has 0 spiro atoms. The van der Waals surface area contributed by atoms with E-state index in [1.807, 2.05) is 13.8 Å². The van der Waals surface area contributed by atoms with Crippen molar-refractivity contribution >= 4 is 17.4 Å². The van der Waals surface area contributed by atoms with Crippen molar-refractivity contribution in [1.29, 1.82) is 0 Å². The summed E-state index contributed by atoms with van der Waals surface area (Å²) in [5.41, 5.74) is 15.2. The molecule has 0 aliphatic carbocycles. The van der Waals surface area contributed by atoms with Gasteiger partial charge >= 0.3 is 0 Å². The van der Waals surface area contributed by atoms with E-state index in [1.54, 1.807) is 0 Å². The molecule has 0 atom stereocenters. The van der Waals surface area contributed by atoms with Crippen molar-refractivity contribution in [1.82, 2.24) is 5.43 Å². The first-order valence-corrected chi connectivity index (χ1v) is 10.3. The molecule has 0 bridgehead atoms. The van der Waals surface area contributed by atoms with E-state index in [-0.39, 0.29) is 16.8 Å². The van der Waals surface area contributed by atoms with E-state index in [0.29, 0.717) is 0 Å². The van der Waals surface area contributed by atoms with Gasteiger partial charge in [-0.05, 0) is 46.9 Å². The molecule has 0 unspecified atom stereocenters. The van der Waals surface area contributed by atoms with E-state index in [4.69, 9.17) is 5.73 Å². The van der Waals surface area contributed by atoms with Gasteiger partial charge in [-0.25, -0.2) is 5.43 Å². The molecule has 0 radical (unpaired) electrons. The third-order valence-electron chi connectivity index (χ3n) is 4.98. The fourth-order valence-corrected chi connectivity index (χ4v) is 2.84. The topological polar surface area (TPSA) is 75.1 Å². The zero-order valence-corrected chi connectivity index (χ0v) is 19.5. The number of nitrogens with one attached hydrogen (secondary N) is 1. The minimum absolute atomic E-state index is 0.124. The Labute approximate surface area is 181 Å². The Morgan fingerprint density at radius 1 is 0.667 bits per heavy atom. The van der Waals surface area contributed by atoms with Crippen LogP contribution < -0.4 is 11.2 Å². The smallest absolute Gasteiger partial charge is 0.234 e. The molecule has 0 amide bonds. The Kier molecular flexibility index (Phi) is 7.19. The van der Waals surface area contributed by atoms with Crippen molar-refractivity contribution in [3.05, 3.63) is 70.8 Å². The van der Waals surface area contributed by atoms with Gasteiger partial charge in [0.2, 0.25) is 5.96 Å². The normalized spacial score (nSPS) is 14.1. The lowest BCUT2D eigenvalue weighted by atomic mass is 9.86. The van der Waals surface area contributed by atoms with Crippen molar-refractivity contribution in [2.45, 2.75) is 66.2 Å².